The molecule has 2 aliphatic rings. The lowest BCUT2D eigenvalue weighted by atomic mass is 9.72. The van der Waals surface area contributed by atoms with Gasteiger partial charge in [0.25, 0.3) is 0 Å². The highest BCUT2D eigenvalue weighted by atomic mass is 16.5. The van der Waals surface area contributed by atoms with Crippen LogP contribution in [0.25, 0.3) is 0 Å². The van der Waals surface area contributed by atoms with Gasteiger partial charge in [-0.3, -0.25) is 0 Å². The van der Waals surface area contributed by atoms with Crippen molar-refractivity contribution in [3.05, 3.63) is 24.0 Å². The number of hydrogen-bond acceptors (Lipinski definition) is 2. The predicted octanol–water partition coefficient (Wildman–Crippen LogP) is 0.774. The number of hydrogen-bond donors (Lipinski definition) is 2. The second-order valence-corrected chi connectivity index (χ2v) is 4.33. The molecule has 1 aliphatic carbocycles. The fraction of sp³-hybridized carbons (Fsp3) is 0.600. The van der Waals surface area contributed by atoms with Crippen LogP contribution in [0.15, 0.2) is 18.5 Å². The molecule has 1 aromatic heterocycles. The minimum Gasteiger partial charge on any atom is -0.379 e. The first-order valence-electron chi connectivity index (χ1n) is 4.77. The fourth-order valence-corrected chi connectivity index (χ4v) is 2.28. The van der Waals surface area contributed by atoms with Crippen LogP contribution in [0.4, 0.5) is 0 Å². The third kappa shape index (κ3) is 0.810. The Balaban J connectivity index is 2.01. The minimum atomic E-state index is 0.0213. The van der Waals surface area contributed by atoms with E-state index in [9.17, 15) is 0 Å². The van der Waals surface area contributed by atoms with Crippen LogP contribution in [0, 0.1) is 0 Å². The van der Waals surface area contributed by atoms with Crippen LogP contribution in [0.1, 0.15) is 18.4 Å². The van der Waals surface area contributed by atoms with Gasteiger partial charge in [0, 0.05) is 17.9 Å². The Kier molecular flexibility index (Phi) is 1.26. The van der Waals surface area contributed by atoms with Gasteiger partial charge in [0.05, 0.1) is 18.6 Å². The largest absolute Gasteiger partial charge is 0.379 e. The molecule has 1 saturated heterocycles. The molecule has 0 atom stereocenters. The van der Waals surface area contributed by atoms with Crippen molar-refractivity contribution in [3.8, 4) is 0 Å². The van der Waals surface area contributed by atoms with E-state index in [0.717, 1.165) is 26.1 Å². The molecular formula is C10H14N2O. The Bertz CT molecular complexity index is 310. The fourth-order valence-electron chi connectivity index (χ4n) is 2.28. The molecule has 2 heterocycles. The first-order valence-corrected chi connectivity index (χ1v) is 4.77. The lowest BCUT2D eigenvalue weighted by Crippen LogP contribution is -2.60. The van der Waals surface area contributed by atoms with Crippen molar-refractivity contribution in [2.24, 2.45) is 5.73 Å². The van der Waals surface area contributed by atoms with Crippen molar-refractivity contribution in [2.45, 2.75) is 23.8 Å². The van der Waals surface area contributed by atoms with Crippen LogP contribution in [-0.4, -0.2) is 23.7 Å². The zero-order valence-electron chi connectivity index (χ0n) is 7.55. The molecular weight excluding hydrogens is 164 g/mol. The number of nitrogens with two attached hydrogens (primary N) is 1. The molecule has 0 amide bonds. The van der Waals surface area contributed by atoms with E-state index in [1.165, 1.54) is 5.56 Å². The molecule has 0 aromatic carbocycles. The summed E-state index contributed by atoms with van der Waals surface area (Å²) in [6.07, 6.45) is 6.29. The monoisotopic (exact) mass is 178 g/mol. The van der Waals surface area contributed by atoms with Gasteiger partial charge in [-0.1, -0.05) is 0 Å². The van der Waals surface area contributed by atoms with E-state index in [0.29, 0.717) is 0 Å². The third-order valence-corrected chi connectivity index (χ3v) is 3.59. The maximum Gasteiger partial charge on any atom is 0.0614 e. The maximum absolute atomic E-state index is 6.28. The number of ether oxygens (including phenoxy) is 1. The average Bonchev–Trinajstić information content (AvgIpc) is 2.61. The molecule has 70 valence electrons. The van der Waals surface area contributed by atoms with Crippen molar-refractivity contribution in [1.29, 1.82) is 0 Å². The molecule has 1 saturated carbocycles. The Morgan fingerprint density at radius 1 is 1.38 bits per heavy atom. The molecule has 0 radical (unpaired) electrons. The second kappa shape index (κ2) is 2.16. The van der Waals surface area contributed by atoms with E-state index in [-0.39, 0.29) is 11.0 Å². The molecule has 3 N–H and O–H groups in total. The van der Waals surface area contributed by atoms with Crippen LogP contribution in [0.2, 0.25) is 0 Å². The summed E-state index contributed by atoms with van der Waals surface area (Å²) >= 11 is 0. The van der Waals surface area contributed by atoms with Crippen LogP contribution in [0.3, 0.4) is 0 Å². The minimum absolute atomic E-state index is 0.0213. The summed E-state index contributed by atoms with van der Waals surface area (Å²) in [6.45, 7) is 1.59. The van der Waals surface area contributed by atoms with Gasteiger partial charge in [-0.05, 0) is 24.5 Å². The molecule has 3 heteroatoms. The molecule has 2 fully saturated rings. The number of aromatic amines is 1. The maximum atomic E-state index is 6.28. The van der Waals surface area contributed by atoms with Gasteiger partial charge in [-0.2, -0.15) is 0 Å². The summed E-state index contributed by atoms with van der Waals surface area (Å²) < 4.78 is 5.33. The molecule has 13 heavy (non-hydrogen) atoms. The Morgan fingerprint density at radius 3 is 2.54 bits per heavy atom. The number of aromatic nitrogens is 1. The van der Waals surface area contributed by atoms with Crippen LogP contribution in [0.5, 0.6) is 0 Å². The van der Waals surface area contributed by atoms with Crippen LogP contribution in [-0.2, 0) is 10.2 Å². The zero-order chi connectivity index (χ0) is 8.94. The van der Waals surface area contributed by atoms with Crippen molar-refractivity contribution >= 4 is 0 Å². The standard InChI is InChI=1S/C10H14N2O/c11-10(2-3-10)9(6-13-7-9)8-1-4-12-5-8/h1,4-5,12H,2-3,6-7,11H2. The number of H-pyrrole nitrogens is 1. The van der Waals surface area contributed by atoms with E-state index in [1.807, 2.05) is 6.20 Å². The summed E-state index contributed by atoms with van der Waals surface area (Å²) in [7, 11) is 0. The summed E-state index contributed by atoms with van der Waals surface area (Å²) in [4.78, 5) is 3.09. The number of rotatable bonds is 2. The molecule has 3 rings (SSSR count). The Hall–Kier alpha value is -0.800. The van der Waals surface area contributed by atoms with Crippen molar-refractivity contribution < 1.29 is 4.74 Å². The summed E-state index contributed by atoms with van der Waals surface area (Å²) in [5.74, 6) is 0. The summed E-state index contributed by atoms with van der Waals surface area (Å²) in [5, 5.41) is 0. The van der Waals surface area contributed by atoms with Crippen molar-refractivity contribution in [3.63, 3.8) is 0 Å². The van der Waals surface area contributed by atoms with E-state index >= 15 is 0 Å². The Morgan fingerprint density at radius 2 is 2.15 bits per heavy atom. The van der Waals surface area contributed by atoms with Gasteiger partial charge >= 0.3 is 0 Å². The zero-order valence-corrected chi connectivity index (χ0v) is 7.55. The van der Waals surface area contributed by atoms with Gasteiger partial charge in [-0.15, -0.1) is 0 Å². The predicted molar refractivity (Wildman–Crippen MR) is 49.4 cm³/mol. The lowest BCUT2D eigenvalue weighted by Gasteiger charge is -2.46. The molecule has 0 spiro atoms. The second-order valence-electron chi connectivity index (χ2n) is 4.33. The highest BCUT2D eigenvalue weighted by Crippen LogP contribution is 2.53. The van der Waals surface area contributed by atoms with Gasteiger partial charge < -0.3 is 15.5 Å². The SMILES string of the molecule is NC1(C2(c3cc[nH]c3)COC2)CC1. The lowest BCUT2D eigenvalue weighted by molar-refractivity contribution is -0.0785. The topological polar surface area (TPSA) is 51.0 Å². The molecule has 1 aromatic rings. The van der Waals surface area contributed by atoms with E-state index < -0.39 is 0 Å². The van der Waals surface area contributed by atoms with Gasteiger partial charge in [0.15, 0.2) is 0 Å². The highest BCUT2D eigenvalue weighted by Gasteiger charge is 2.61. The normalized spacial score (nSPS) is 28.1. The first-order chi connectivity index (χ1) is 6.27. The quantitative estimate of drug-likeness (QED) is 0.703. The molecule has 0 bridgehead atoms. The van der Waals surface area contributed by atoms with E-state index in [1.54, 1.807) is 0 Å². The van der Waals surface area contributed by atoms with Crippen LogP contribution < -0.4 is 5.73 Å². The Labute approximate surface area is 77.3 Å². The smallest absolute Gasteiger partial charge is 0.0614 e. The van der Waals surface area contributed by atoms with Gasteiger partial charge in [-0.25, -0.2) is 0 Å². The number of nitrogens with one attached hydrogen (secondary N) is 1. The average molecular weight is 178 g/mol. The summed E-state index contributed by atoms with van der Waals surface area (Å²) in [6, 6.07) is 2.12. The van der Waals surface area contributed by atoms with Gasteiger partial charge in [0.2, 0.25) is 0 Å². The van der Waals surface area contributed by atoms with Crippen molar-refractivity contribution in [1.82, 2.24) is 4.98 Å². The van der Waals surface area contributed by atoms with E-state index in [4.69, 9.17) is 10.5 Å². The van der Waals surface area contributed by atoms with Crippen LogP contribution >= 0.6 is 0 Å². The highest BCUT2D eigenvalue weighted by molar-refractivity contribution is 5.35. The summed E-state index contributed by atoms with van der Waals surface area (Å²) in [5.41, 5.74) is 7.74. The molecule has 3 nitrogen and oxygen atoms in total. The van der Waals surface area contributed by atoms with Crippen molar-refractivity contribution in [2.75, 3.05) is 13.2 Å². The van der Waals surface area contributed by atoms with Gasteiger partial charge in [0.1, 0.15) is 0 Å². The van der Waals surface area contributed by atoms with E-state index in [2.05, 4.69) is 17.2 Å². The third-order valence-electron chi connectivity index (χ3n) is 3.59. The molecule has 1 aliphatic heterocycles. The molecule has 0 unspecified atom stereocenters. The first kappa shape index (κ1) is 7.59.